The summed E-state index contributed by atoms with van der Waals surface area (Å²) in [6, 6.07) is 49.7. The van der Waals surface area contributed by atoms with E-state index < -0.39 is 0 Å². The Bertz CT molecular complexity index is 2890. The monoisotopic (exact) mass is 599 g/mol. The zero-order valence-electron chi connectivity index (χ0n) is 26.1. The van der Waals surface area contributed by atoms with Crippen LogP contribution in [0.25, 0.3) is 87.1 Å². The highest BCUT2D eigenvalue weighted by atomic mass is 15.0. The van der Waals surface area contributed by atoms with Crippen LogP contribution in [0.1, 0.15) is 25.0 Å². The molecule has 11 aromatic rings. The number of pyridine rings is 1. The standard InChI is InChI=1S/C44H29N3/c1-44(2)36-19-17-28-23-34(36)35-24-29(18-20-37(35)44)27-10-8-12-31(22-27)47-39-16-6-4-14-33(39)42-41-32-13-3-5-15-38(32)46(40(41)25-45-43(42)47)30-11-7-9-26(28)21-30/h3-25H,1-2H3. The molecule has 12 rings (SSSR count). The van der Waals surface area contributed by atoms with Crippen LogP contribution in [0, 0.1) is 0 Å². The molecule has 0 unspecified atom stereocenters. The Kier molecular flexibility index (Phi) is 4.66. The molecular weight excluding hydrogens is 571 g/mol. The summed E-state index contributed by atoms with van der Waals surface area (Å²) >= 11 is 0. The number of rotatable bonds is 0. The van der Waals surface area contributed by atoms with E-state index in [-0.39, 0.29) is 5.41 Å². The molecule has 220 valence electrons. The maximum Gasteiger partial charge on any atom is 0.146 e. The van der Waals surface area contributed by atoms with Crippen LogP contribution in [0.15, 0.2) is 140 Å². The molecule has 0 aliphatic heterocycles. The van der Waals surface area contributed by atoms with Gasteiger partial charge in [-0.25, -0.2) is 4.98 Å². The molecule has 3 heteroatoms. The lowest BCUT2D eigenvalue weighted by Crippen LogP contribution is -2.15. The van der Waals surface area contributed by atoms with Gasteiger partial charge in [-0.1, -0.05) is 98.8 Å². The van der Waals surface area contributed by atoms with Crippen LogP contribution in [-0.2, 0) is 5.41 Å². The lowest BCUT2D eigenvalue weighted by Gasteiger charge is -2.21. The van der Waals surface area contributed by atoms with Gasteiger partial charge in [0.1, 0.15) is 5.65 Å². The van der Waals surface area contributed by atoms with Crippen molar-refractivity contribution in [2.75, 3.05) is 0 Å². The number of nitrogens with zero attached hydrogens (tertiary/aromatic N) is 3. The summed E-state index contributed by atoms with van der Waals surface area (Å²) in [6.45, 7) is 4.71. The number of aromatic nitrogens is 3. The Hall–Kier alpha value is -5.93. The predicted octanol–water partition coefficient (Wildman–Crippen LogP) is 11.4. The minimum atomic E-state index is -0.0645. The van der Waals surface area contributed by atoms with Crippen molar-refractivity contribution < 1.29 is 0 Å². The van der Waals surface area contributed by atoms with Gasteiger partial charge < -0.3 is 4.40 Å². The van der Waals surface area contributed by atoms with Gasteiger partial charge in [0.15, 0.2) is 0 Å². The van der Waals surface area contributed by atoms with Crippen LogP contribution in [0.2, 0.25) is 0 Å². The van der Waals surface area contributed by atoms with Crippen molar-refractivity contribution in [2.45, 2.75) is 19.3 Å². The minimum Gasteiger partial charge on any atom is -0.308 e. The van der Waals surface area contributed by atoms with Crippen molar-refractivity contribution in [3.63, 3.8) is 0 Å². The quantitative estimate of drug-likeness (QED) is 0.170. The Morgan fingerprint density at radius 1 is 0.447 bits per heavy atom. The Balaban J connectivity index is 1.48. The Morgan fingerprint density at radius 2 is 0.979 bits per heavy atom. The molecule has 0 N–H and O–H groups in total. The van der Waals surface area contributed by atoms with Gasteiger partial charge in [0, 0.05) is 38.0 Å². The molecule has 0 amide bonds. The van der Waals surface area contributed by atoms with E-state index in [1.807, 2.05) is 0 Å². The average molecular weight is 600 g/mol. The fraction of sp³-hybridized carbons (Fsp3) is 0.0682. The summed E-state index contributed by atoms with van der Waals surface area (Å²) in [7, 11) is 0. The number of para-hydroxylation sites is 2. The second kappa shape index (κ2) is 8.65. The largest absolute Gasteiger partial charge is 0.308 e. The Morgan fingerprint density at radius 3 is 1.62 bits per heavy atom. The van der Waals surface area contributed by atoms with Gasteiger partial charge >= 0.3 is 0 Å². The first-order valence-electron chi connectivity index (χ1n) is 16.4. The molecule has 5 aromatic heterocycles. The molecule has 0 saturated carbocycles. The van der Waals surface area contributed by atoms with Crippen molar-refractivity contribution in [1.29, 1.82) is 0 Å². The lowest BCUT2D eigenvalue weighted by molar-refractivity contribution is 0.662. The van der Waals surface area contributed by atoms with E-state index in [9.17, 15) is 0 Å². The first-order chi connectivity index (χ1) is 23.1. The summed E-state index contributed by atoms with van der Waals surface area (Å²) in [5.41, 5.74) is 9.39. The maximum absolute atomic E-state index is 5.27. The average Bonchev–Trinajstić information content (AvgIpc) is 3.71. The molecule has 0 radical (unpaired) electrons. The summed E-state index contributed by atoms with van der Waals surface area (Å²) in [5, 5.41) is 12.4. The molecule has 0 saturated heterocycles. The van der Waals surface area contributed by atoms with E-state index in [1.165, 1.54) is 70.5 Å². The van der Waals surface area contributed by atoms with Crippen LogP contribution >= 0.6 is 0 Å². The van der Waals surface area contributed by atoms with Crippen LogP contribution < -0.4 is 0 Å². The topological polar surface area (TPSA) is 21.7 Å². The van der Waals surface area contributed by atoms with Crippen molar-refractivity contribution in [1.82, 2.24) is 13.8 Å². The van der Waals surface area contributed by atoms with E-state index in [0.29, 0.717) is 0 Å². The fourth-order valence-corrected chi connectivity index (χ4v) is 8.68. The third-order valence-electron chi connectivity index (χ3n) is 10.9. The van der Waals surface area contributed by atoms with E-state index in [0.717, 1.165) is 27.7 Å². The third kappa shape index (κ3) is 3.18. The highest BCUT2D eigenvalue weighted by molar-refractivity contribution is 6.27. The summed E-state index contributed by atoms with van der Waals surface area (Å²) in [4.78, 5) is 5.27. The molecule has 1 aliphatic rings. The second-order valence-electron chi connectivity index (χ2n) is 13.7. The Labute approximate surface area is 270 Å². The number of hydrogen-bond acceptors (Lipinski definition) is 1. The van der Waals surface area contributed by atoms with Crippen molar-refractivity contribution in [3.05, 3.63) is 151 Å². The van der Waals surface area contributed by atoms with Crippen LogP contribution in [-0.4, -0.2) is 13.8 Å². The van der Waals surface area contributed by atoms with E-state index >= 15 is 0 Å². The molecule has 47 heavy (non-hydrogen) atoms. The molecule has 0 fully saturated rings. The molecule has 0 atom stereocenters. The SMILES string of the molecule is CC1(C)c2ccc3cc2c2cc(ccc21)c1cccc(c1)n1c2ccccc2c2c4c5ccccc5n(c5cccc3c5)c4cnc21. The minimum absolute atomic E-state index is 0.0645. The van der Waals surface area contributed by atoms with Crippen molar-refractivity contribution in [3.8, 4) is 0 Å². The number of fused-ring (bicyclic) bond motifs is 3. The van der Waals surface area contributed by atoms with Gasteiger partial charge in [-0.15, -0.1) is 0 Å². The van der Waals surface area contributed by atoms with E-state index in [4.69, 9.17) is 4.98 Å². The zero-order valence-corrected chi connectivity index (χ0v) is 26.1. The fourth-order valence-electron chi connectivity index (χ4n) is 8.68. The summed E-state index contributed by atoms with van der Waals surface area (Å²) in [6.07, 6.45) is 2.08. The molecule has 3 nitrogen and oxygen atoms in total. The molecular formula is C44H29N3. The number of hydrogen-bond donors (Lipinski definition) is 0. The lowest BCUT2D eigenvalue weighted by atomic mass is 9.81. The molecule has 0 spiro atoms. The summed E-state index contributed by atoms with van der Waals surface area (Å²) < 4.78 is 4.75. The molecule has 14 bridgehead atoms. The number of benzene rings is 6. The predicted molar refractivity (Wildman–Crippen MR) is 198 cm³/mol. The van der Waals surface area contributed by atoms with Gasteiger partial charge in [0.2, 0.25) is 0 Å². The van der Waals surface area contributed by atoms with Gasteiger partial charge in [-0.05, 0) is 92.0 Å². The van der Waals surface area contributed by atoms with Crippen molar-refractivity contribution >= 4 is 87.1 Å². The van der Waals surface area contributed by atoms with Gasteiger partial charge in [-0.3, -0.25) is 4.40 Å². The van der Waals surface area contributed by atoms with Crippen LogP contribution in [0.4, 0.5) is 0 Å². The molecule has 5 heterocycles. The summed E-state index contributed by atoms with van der Waals surface area (Å²) in [5.74, 6) is 0. The second-order valence-corrected chi connectivity index (χ2v) is 13.7. The van der Waals surface area contributed by atoms with Gasteiger partial charge in [-0.2, -0.15) is 0 Å². The smallest absolute Gasteiger partial charge is 0.146 e. The van der Waals surface area contributed by atoms with Gasteiger partial charge in [0.05, 0.1) is 22.7 Å². The molecule has 6 aromatic carbocycles. The van der Waals surface area contributed by atoms with Crippen molar-refractivity contribution in [2.24, 2.45) is 0 Å². The first kappa shape index (κ1) is 25.3. The van der Waals surface area contributed by atoms with E-state index in [1.54, 1.807) is 0 Å². The van der Waals surface area contributed by atoms with Crippen LogP contribution in [0.5, 0.6) is 0 Å². The normalized spacial score (nSPS) is 13.9. The maximum atomic E-state index is 5.27. The van der Waals surface area contributed by atoms with Gasteiger partial charge in [0.25, 0.3) is 0 Å². The first-order valence-corrected chi connectivity index (χ1v) is 16.4. The highest BCUT2D eigenvalue weighted by Gasteiger charge is 2.32. The van der Waals surface area contributed by atoms with E-state index in [2.05, 4.69) is 162 Å². The highest BCUT2D eigenvalue weighted by Crippen LogP contribution is 2.46. The zero-order chi connectivity index (χ0) is 31.0. The third-order valence-corrected chi connectivity index (χ3v) is 10.9. The van der Waals surface area contributed by atoms with Crippen LogP contribution in [0.3, 0.4) is 0 Å². The molecule has 1 aliphatic carbocycles.